The van der Waals surface area contributed by atoms with E-state index in [1.54, 1.807) is 20.8 Å². The zero-order valence-corrected chi connectivity index (χ0v) is 9.01. The normalized spacial score (nSPS) is 25.8. The van der Waals surface area contributed by atoms with E-state index in [-0.39, 0.29) is 5.78 Å². The van der Waals surface area contributed by atoms with Crippen LogP contribution in [-0.2, 0) is 14.3 Å². The Morgan fingerprint density at radius 1 is 1.31 bits per heavy atom. The Morgan fingerprint density at radius 2 is 1.77 bits per heavy atom. The minimum absolute atomic E-state index is 0.0220. The number of hydrogen-bond acceptors (Lipinski definition) is 3. The first kappa shape index (κ1) is 12.1. The Kier molecular flexibility index (Phi) is 4.11. The summed E-state index contributed by atoms with van der Waals surface area (Å²) in [5.74, 6) is -0.986. The maximum absolute atomic E-state index is 11.1. The van der Waals surface area contributed by atoms with Crippen LogP contribution in [0.1, 0.15) is 41.0 Å². The molecule has 0 aromatic heterocycles. The third kappa shape index (κ3) is 3.17. The standard InChI is InChI=1S/C8H12O3.C2H6/c1-5-6(9)4-8(2,3)11-7(5)10;1-2/h5H,4H2,1-3H3;1-2H3. The summed E-state index contributed by atoms with van der Waals surface area (Å²) in [6.07, 6.45) is 0.333. The van der Waals surface area contributed by atoms with E-state index < -0.39 is 17.5 Å². The number of rotatable bonds is 0. The molecule has 13 heavy (non-hydrogen) atoms. The zero-order chi connectivity index (χ0) is 10.6. The molecule has 3 heteroatoms. The third-order valence-corrected chi connectivity index (χ3v) is 1.81. The molecule has 1 fully saturated rings. The van der Waals surface area contributed by atoms with Gasteiger partial charge in [0.05, 0.1) is 0 Å². The van der Waals surface area contributed by atoms with Gasteiger partial charge in [-0.2, -0.15) is 0 Å². The summed E-state index contributed by atoms with van der Waals surface area (Å²) < 4.78 is 5.00. The Hall–Kier alpha value is -0.860. The molecule has 1 rings (SSSR count). The van der Waals surface area contributed by atoms with E-state index in [9.17, 15) is 9.59 Å². The summed E-state index contributed by atoms with van der Waals surface area (Å²) in [7, 11) is 0. The van der Waals surface area contributed by atoms with Crippen LogP contribution < -0.4 is 0 Å². The average Bonchev–Trinajstić information content (AvgIpc) is 2.02. The van der Waals surface area contributed by atoms with Gasteiger partial charge in [-0.1, -0.05) is 13.8 Å². The fourth-order valence-corrected chi connectivity index (χ4v) is 1.10. The number of carbonyl (C=O) groups is 2. The second-order valence-corrected chi connectivity index (χ2v) is 3.55. The van der Waals surface area contributed by atoms with Gasteiger partial charge in [0.25, 0.3) is 0 Å². The first-order valence-electron chi connectivity index (χ1n) is 4.68. The predicted molar refractivity (Wildman–Crippen MR) is 50.3 cm³/mol. The van der Waals surface area contributed by atoms with Gasteiger partial charge in [0.2, 0.25) is 0 Å². The lowest BCUT2D eigenvalue weighted by atomic mass is 9.91. The van der Waals surface area contributed by atoms with E-state index in [0.717, 1.165) is 0 Å². The number of ether oxygens (including phenoxy) is 1. The molecule has 1 atom stereocenters. The summed E-state index contributed by atoms with van der Waals surface area (Å²) in [5, 5.41) is 0. The van der Waals surface area contributed by atoms with E-state index in [4.69, 9.17) is 4.74 Å². The third-order valence-electron chi connectivity index (χ3n) is 1.81. The number of cyclic esters (lactones) is 1. The van der Waals surface area contributed by atoms with E-state index in [0.29, 0.717) is 6.42 Å². The summed E-state index contributed by atoms with van der Waals surface area (Å²) in [4.78, 5) is 22.1. The lowest BCUT2D eigenvalue weighted by molar-refractivity contribution is -0.172. The summed E-state index contributed by atoms with van der Waals surface area (Å²) >= 11 is 0. The van der Waals surface area contributed by atoms with E-state index in [2.05, 4.69) is 0 Å². The molecule has 3 nitrogen and oxygen atoms in total. The molecular weight excluding hydrogens is 168 g/mol. The highest BCUT2D eigenvalue weighted by Crippen LogP contribution is 2.25. The van der Waals surface area contributed by atoms with Gasteiger partial charge >= 0.3 is 5.97 Å². The van der Waals surface area contributed by atoms with Gasteiger partial charge < -0.3 is 4.74 Å². The number of esters is 1. The lowest BCUT2D eigenvalue weighted by Crippen LogP contribution is -2.42. The van der Waals surface area contributed by atoms with Crippen LogP contribution in [0.15, 0.2) is 0 Å². The van der Waals surface area contributed by atoms with Crippen LogP contribution in [-0.4, -0.2) is 17.4 Å². The van der Waals surface area contributed by atoms with Crippen LogP contribution in [0.2, 0.25) is 0 Å². The maximum atomic E-state index is 11.1. The van der Waals surface area contributed by atoms with Gasteiger partial charge in [-0.15, -0.1) is 0 Å². The molecule has 0 aromatic carbocycles. The highest BCUT2D eigenvalue weighted by molar-refractivity contribution is 6.01. The molecule has 0 radical (unpaired) electrons. The fourth-order valence-electron chi connectivity index (χ4n) is 1.10. The first-order chi connectivity index (χ1) is 5.92. The van der Waals surface area contributed by atoms with Crippen molar-refractivity contribution in [3.8, 4) is 0 Å². The van der Waals surface area contributed by atoms with Crippen LogP contribution in [0.25, 0.3) is 0 Å². The molecule has 0 amide bonds. The van der Waals surface area contributed by atoms with E-state index in [1.807, 2.05) is 13.8 Å². The summed E-state index contributed by atoms with van der Waals surface area (Å²) in [5.41, 5.74) is -0.597. The topological polar surface area (TPSA) is 43.4 Å². The van der Waals surface area contributed by atoms with Crippen molar-refractivity contribution in [2.24, 2.45) is 5.92 Å². The van der Waals surface area contributed by atoms with Gasteiger partial charge in [0.15, 0.2) is 5.78 Å². The molecule has 1 heterocycles. The van der Waals surface area contributed by atoms with Crippen molar-refractivity contribution < 1.29 is 14.3 Å². The Balaban J connectivity index is 0.000000671. The molecule has 1 saturated heterocycles. The van der Waals surface area contributed by atoms with Crippen LogP contribution in [0.4, 0.5) is 0 Å². The largest absolute Gasteiger partial charge is 0.459 e. The highest BCUT2D eigenvalue weighted by atomic mass is 16.6. The van der Waals surface area contributed by atoms with Crippen molar-refractivity contribution in [2.75, 3.05) is 0 Å². The molecular formula is C10H18O3. The maximum Gasteiger partial charge on any atom is 0.316 e. The monoisotopic (exact) mass is 186 g/mol. The van der Waals surface area contributed by atoms with Crippen molar-refractivity contribution >= 4 is 11.8 Å². The van der Waals surface area contributed by atoms with Crippen LogP contribution >= 0.6 is 0 Å². The Bertz CT molecular complexity index is 186. The van der Waals surface area contributed by atoms with E-state index in [1.165, 1.54) is 0 Å². The lowest BCUT2D eigenvalue weighted by Gasteiger charge is -2.31. The second-order valence-electron chi connectivity index (χ2n) is 3.55. The summed E-state index contributed by atoms with van der Waals surface area (Å²) in [6.45, 7) is 9.07. The summed E-state index contributed by atoms with van der Waals surface area (Å²) in [6, 6.07) is 0. The van der Waals surface area contributed by atoms with Crippen molar-refractivity contribution in [3.05, 3.63) is 0 Å². The van der Waals surface area contributed by atoms with Gasteiger partial charge in [-0.25, -0.2) is 0 Å². The van der Waals surface area contributed by atoms with Crippen LogP contribution in [0.5, 0.6) is 0 Å². The number of Topliss-reactive ketones (excluding diaryl/α,β-unsaturated/α-hetero) is 1. The molecule has 0 spiro atoms. The molecule has 0 aromatic rings. The molecule has 0 saturated carbocycles. The molecule has 0 bridgehead atoms. The Morgan fingerprint density at radius 3 is 2.15 bits per heavy atom. The van der Waals surface area contributed by atoms with E-state index >= 15 is 0 Å². The number of carbonyl (C=O) groups excluding carboxylic acids is 2. The SMILES string of the molecule is CC.CC1C(=O)CC(C)(C)OC1=O. The van der Waals surface area contributed by atoms with Crippen molar-refractivity contribution in [2.45, 2.75) is 46.6 Å². The Labute approximate surface area is 79.5 Å². The van der Waals surface area contributed by atoms with Gasteiger partial charge in [-0.3, -0.25) is 9.59 Å². The fraction of sp³-hybridized carbons (Fsp3) is 0.800. The minimum Gasteiger partial charge on any atom is -0.459 e. The van der Waals surface area contributed by atoms with Crippen molar-refractivity contribution in [3.63, 3.8) is 0 Å². The zero-order valence-electron chi connectivity index (χ0n) is 9.01. The number of ketones is 1. The molecule has 1 unspecified atom stereocenters. The molecule has 0 N–H and O–H groups in total. The predicted octanol–water partition coefficient (Wildman–Crippen LogP) is 1.94. The molecule has 0 aliphatic carbocycles. The molecule has 76 valence electrons. The number of hydrogen-bond donors (Lipinski definition) is 0. The highest BCUT2D eigenvalue weighted by Gasteiger charge is 2.38. The quantitative estimate of drug-likeness (QED) is 0.429. The van der Waals surface area contributed by atoms with Gasteiger partial charge in [-0.05, 0) is 20.8 Å². The van der Waals surface area contributed by atoms with Crippen molar-refractivity contribution in [1.29, 1.82) is 0 Å². The molecule has 1 aliphatic rings. The van der Waals surface area contributed by atoms with Gasteiger partial charge in [0, 0.05) is 6.42 Å². The van der Waals surface area contributed by atoms with Crippen molar-refractivity contribution in [1.82, 2.24) is 0 Å². The average molecular weight is 186 g/mol. The first-order valence-corrected chi connectivity index (χ1v) is 4.68. The molecule has 1 aliphatic heterocycles. The van der Waals surface area contributed by atoms with Gasteiger partial charge in [0.1, 0.15) is 11.5 Å². The smallest absolute Gasteiger partial charge is 0.316 e. The van der Waals surface area contributed by atoms with Crippen LogP contribution in [0, 0.1) is 5.92 Å². The minimum atomic E-state index is -0.597. The second kappa shape index (κ2) is 4.40. The van der Waals surface area contributed by atoms with Crippen LogP contribution in [0.3, 0.4) is 0 Å².